The van der Waals surface area contributed by atoms with Crippen LogP contribution in [0.1, 0.15) is 10.5 Å². The van der Waals surface area contributed by atoms with E-state index in [1.807, 2.05) is 0 Å². The zero-order valence-electron chi connectivity index (χ0n) is 8.21. The summed E-state index contributed by atoms with van der Waals surface area (Å²) in [5.41, 5.74) is 5.48. The summed E-state index contributed by atoms with van der Waals surface area (Å²) in [6.45, 7) is -0.539. The molecule has 6 nitrogen and oxygen atoms in total. The fraction of sp³-hybridized carbons (Fsp3) is 0.222. The minimum absolute atomic E-state index is 0.0808. The Hall–Kier alpha value is -2.07. The molecule has 0 fully saturated rings. The van der Waals surface area contributed by atoms with Crippen LogP contribution in [-0.2, 0) is 4.79 Å². The molecule has 0 aromatic carbocycles. The standard InChI is InChI=1S/C9H9N3O3S/c1-2-3-12(4-7(13)14)8(15)6-5-16-9(10)11-6/h1,5H,3-4H2,(H2,10,11)(H,13,14). The van der Waals surface area contributed by atoms with Crippen LogP contribution in [0.2, 0.25) is 0 Å². The molecule has 0 radical (unpaired) electrons. The van der Waals surface area contributed by atoms with Crippen LogP contribution in [0, 0.1) is 12.3 Å². The lowest BCUT2D eigenvalue weighted by atomic mass is 10.3. The van der Waals surface area contributed by atoms with E-state index in [9.17, 15) is 9.59 Å². The van der Waals surface area contributed by atoms with Gasteiger partial charge in [-0.25, -0.2) is 4.98 Å². The van der Waals surface area contributed by atoms with Gasteiger partial charge in [-0.2, -0.15) is 0 Å². The van der Waals surface area contributed by atoms with Crippen molar-refractivity contribution >= 4 is 28.3 Å². The molecule has 0 saturated carbocycles. The second-order valence-corrected chi connectivity index (χ2v) is 3.72. The lowest BCUT2D eigenvalue weighted by Gasteiger charge is -2.16. The first-order valence-electron chi connectivity index (χ1n) is 4.20. The molecule has 0 aliphatic carbocycles. The summed E-state index contributed by atoms with van der Waals surface area (Å²) in [5.74, 6) is 0.550. The molecule has 0 aliphatic rings. The molecular formula is C9H9N3O3S. The van der Waals surface area contributed by atoms with E-state index in [-0.39, 0.29) is 17.4 Å². The van der Waals surface area contributed by atoms with Gasteiger partial charge < -0.3 is 15.7 Å². The number of anilines is 1. The van der Waals surface area contributed by atoms with Gasteiger partial charge in [-0.15, -0.1) is 17.8 Å². The maximum Gasteiger partial charge on any atom is 0.323 e. The number of aromatic nitrogens is 1. The Labute approximate surface area is 95.7 Å². The summed E-state index contributed by atoms with van der Waals surface area (Å²) >= 11 is 1.11. The highest BCUT2D eigenvalue weighted by molar-refractivity contribution is 7.13. The molecule has 84 valence electrons. The van der Waals surface area contributed by atoms with Crippen molar-refractivity contribution in [3.8, 4) is 12.3 Å². The number of aliphatic carboxylic acids is 1. The average Bonchev–Trinajstić information content (AvgIpc) is 2.62. The highest BCUT2D eigenvalue weighted by atomic mass is 32.1. The van der Waals surface area contributed by atoms with Crippen LogP contribution in [0.3, 0.4) is 0 Å². The average molecular weight is 239 g/mol. The normalized spacial score (nSPS) is 9.44. The van der Waals surface area contributed by atoms with E-state index in [1.54, 1.807) is 0 Å². The van der Waals surface area contributed by atoms with Gasteiger partial charge in [-0.05, 0) is 0 Å². The summed E-state index contributed by atoms with van der Waals surface area (Å²) in [7, 11) is 0. The molecule has 3 N–H and O–H groups in total. The summed E-state index contributed by atoms with van der Waals surface area (Å²) in [4.78, 5) is 27.0. The predicted octanol–water partition coefficient (Wildman–Crippen LogP) is -0.115. The van der Waals surface area contributed by atoms with Crippen LogP contribution >= 0.6 is 11.3 Å². The number of carbonyl (C=O) groups is 2. The topological polar surface area (TPSA) is 96.5 Å². The van der Waals surface area contributed by atoms with Gasteiger partial charge in [-0.1, -0.05) is 5.92 Å². The van der Waals surface area contributed by atoms with Crippen molar-refractivity contribution in [3.63, 3.8) is 0 Å². The number of carboxylic acids is 1. The Bertz CT molecular complexity index is 449. The van der Waals surface area contributed by atoms with Crippen molar-refractivity contribution in [1.82, 2.24) is 9.88 Å². The number of nitrogen functional groups attached to an aromatic ring is 1. The third-order valence-electron chi connectivity index (χ3n) is 1.64. The molecule has 1 rings (SSSR count). The lowest BCUT2D eigenvalue weighted by Crippen LogP contribution is -2.36. The number of carboxylic acid groups (broad SMARTS) is 1. The van der Waals surface area contributed by atoms with Gasteiger partial charge in [0.1, 0.15) is 12.2 Å². The number of carbonyl (C=O) groups excluding carboxylic acids is 1. The van der Waals surface area contributed by atoms with Crippen LogP contribution in [0.5, 0.6) is 0 Å². The third-order valence-corrected chi connectivity index (χ3v) is 2.31. The van der Waals surface area contributed by atoms with Crippen LogP contribution < -0.4 is 5.73 Å². The van der Waals surface area contributed by atoms with Gasteiger partial charge in [0.05, 0.1) is 6.54 Å². The molecular weight excluding hydrogens is 230 g/mol. The first-order valence-corrected chi connectivity index (χ1v) is 5.08. The molecule has 0 aliphatic heterocycles. The van der Waals surface area contributed by atoms with Gasteiger partial charge in [0, 0.05) is 5.38 Å². The van der Waals surface area contributed by atoms with Gasteiger partial charge in [-0.3, -0.25) is 9.59 Å². The number of terminal acetylenes is 1. The largest absolute Gasteiger partial charge is 0.480 e. The number of thiazole rings is 1. The molecule has 0 spiro atoms. The monoisotopic (exact) mass is 239 g/mol. The van der Waals surface area contributed by atoms with Crippen molar-refractivity contribution in [1.29, 1.82) is 0 Å². The van der Waals surface area contributed by atoms with Gasteiger partial charge in [0.2, 0.25) is 0 Å². The van der Waals surface area contributed by atoms with Crippen LogP contribution in [0.25, 0.3) is 0 Å². The summed E-state index contributed by atoms with van der Waals surface area (Å²) in [6.07, 6.45) is 5.05. The highest BCUT2D eigenvalue weighted by Gasteiger charge is 2.19. The Kier molecular flexibility index (Phi) is 3.85. The molecule has 0 bridgehead atoms. The Morgan fingerprint density at radius 1 is 1.69 bits per heavy atom. The number of hydrogen-bond acceptors (Lipinski definition) is 5. The van der Waals surface area contributed by atoms with E-state index in [0.717, 1.165) is 16.2 Å². The van der Waals surface area contributed by atoms with Gasteiger partial charge >= 0.3 is 5.97 Å². The van der Waals surface area contributed by atoms with Crippen molar-refractivity contribution in [3.05, 3.63) is 11.1 Å². The molecule has 7 heteroatoms. The predicted molar refractivity (Wildman–Crippen MR) is 58.9 cm³/mol. The Morgan fingerprint density at radius 3 is 2.81 bits per heavy atom. The number of nitrogens with zero attached hydrogens (tertiary/aromatic N) is 2. The lowest BCUT2D eigenvalue weighted by molar-refractivity contribution is -0.137. The molecule has 0 unspecified atom stereocenters. The van der Waals surface area contributed by atoms with E-state index < -0.39 is 18.4 Å². The first kappa shape index (κ1) is 12.0. The van der Waals surface area contributed by atoms with Crippen molar-refractivity contribution in [2.45, 2.75) is 0 Å². The summed E-state index contributed by atoms with van der Waals surface area (Å²) < 4.78 is 0. The zero-order valence-corrected chi connectivity index (χ0v) is 9.03. The number of nitrogens with two attached hydrogens (primary N) is 1. The molecule has 1 aromatic rings. The molecule has 1 amide bonds. The van der Waals surface area contributed by atoms with E-state index in [4.69, 9.17) is 17.3 Å². The summed E-state index contributed by atoms with van der Waals surface area (Å²) in [6, 6.07) is 0. The van der Waals surface area contributed by atoms with Gasteiger partial charge in [0.15, 0.2) is 5.13 Å². The van der Waals surface area contributed by atoms with Gasteiger partial charge in [0.25, 0.3) is 5.91 Å². The minimum atomic E-state index is -1.13. The molecule has 0 atom stereocenters. The molecule has 1 aromatic heterocycles. The minimum Gasteiger partial charge on any atom is -0.480 e. The van der Waals surface area contributed by atoms with Crippen LogP contribution in [0.4, 0.5) is 5.13 Å². The zero-order chi connectivity index (χ0) is 12.1. The second kappa shape index (κ2) is 5.14. The third kappa shape index (κ3) is 2.96. The quantitative estimate of drug-likeness (QED) is 0.714. The SMILES string of the molecule is C#CCN(CC(=O)O)C(=O)c1csc(N)n1. The van der Waals surface area contributed by atoms with Crippen molar-refractivity contribution in [2.75, 3.05) is 18.8 Å². The van der Waals surface area contributed by atoms with E-state index in [0.29, 0.717) is 0 Å². The van der Waals surface area contributed by atoms with Crippen molar-refractivity contribution in [2.24, 2.45) is 0 Å². The maximum atomic E-state index is 11.7. The molecule has 16 heavy (non-hydrogen) atoms. The van der Waals surface area contributed by atoms with Crippen molar-refractivity contribution < 1.29 is 14.7 Å². The smallest absolute Gasteiger partial charge is 0.323 e. The number of amides is 1. The number of rotatable bonds is 4. The molecule has 1 heterocycles. The fourth-order valence-corrected chi connectivity index (χ4v) is 1.56. The van der Waals surface area contributed by atoms with E-state index >= 15 is 0 Å². The Morgan fingerprint density at radius 2 is 2.38 bits per heavy atom. The summed E-state index contributed by atoms with van der Waals surface area (Å²) in [5, 5.41) is 10.3. The first-order chi connectivity index (χ1) is 7.54. The van der Waals surface area contributed by atoms with Crippen LogP contribution in [0.15, 0.2) is 5.38 Å². The maximum absolute atomic E-state index is 11.7. The Balaban J connectivity index is 2.83. The van der Waals surface area contributed by atoms with E-state index in [1.165, 1.54) is 5.38 Å². The molecule has 0 saturated heterocycles. The van der Waals surface area contributed by atoms with Crippen LogP contribution in [-0.4, -0.2) is 40.0 Å². The second-order valence-electron chi connectivity index (χ2n) is 2.83. The fourth-order valence-electron chi connectivity index (χ4n) is 1.02. The van der Waals surface area contributed by atoms with E-state index in [2.05, 4.69) is 10.9 Å². The number of hydrogen-bond donors (Lipinski definition) is 2. The highest BCUT2D eigenvalue weighted by Crippen LogP contribution is 2.12.